The third kappa shape index (κ3) is 37.3. The minimum Gasteiger partial charge on any atom is -0.457 e. The van der Waals surface area contributed by atoms with Crippen LogP contribution in [0.15, 0.2) is 24.3 Å². The van der Waals surface area contributed by atoms with E-state index in [1.165, 1.54) is 154 Å². The number of hydrogen-bond donors (Lipinski definition) is 1. The van der Waals surface area contributed by atoms with Crippen molar-refractivity contribution in [2.45, 2.75) is 219 Å². The van der Waals surface area contributed by atoms with Crippen LogP contribution in [0.2, 0.25) is 0 Å². The summed E-state index contributed by atoms with van der Waals surface area (Å²) in [5.41, 5.74) is 0. The minimum absolute atomic E-state index is 0.173. The van der Waals surface area contributed by atoms with Gasteiger partial charge in [-0.15, -0.1) is 0 Å². The molecule has 0 aromatic rings. The molecule has 0 fully saturated rings. The molecule has 0 aliphatic heterocycles. The highest BCUT2D eigenvalue weighted by Gasteiger charge is 2.13. The lowest BCUT2D eigenvalue weighted by molar-refractivity contribution is -0.154. The van der Waals surface area contributed by atoms with Gasteiger partial charge in [0.25, 0.3) is 0 Å². The van der Waals surface area contributed by atoms with Gasteiger partial charge in [0.05, 0.1) is 13.2 Å². The third-order valence-electron chi connectivity index (χ3n) is 9.03. The standard InChI is InChI=1S/C42H80O4/c1-3-5-7-9-11-13-15-17-19-21-22-24-26-28-30-32-34-36-38-45-40-41(39-43)46-42(44)37-35-33-31-29-27-25-23-20-18-16-14-12-10-8-6-4-2/h14,16,20,23,41,43H,3-13,15,17-19,21-22,24-40H2,1-2H3/b16-14-,23-20-. The molecule has 0 aromatic heterocycles. The number of carbonyl (C=O) groups is 1. The molecule has 4 nitrogen and oxygen atoms in total. The summed E-state index contributed by atoms with van der Waals surface area (Å²) in [7, 11) is 0. The maximum Gasteiger partial charge on any atom is 0.306 e. The first kappa shape index (κ1) is 44.9. The lowest BCUT2D eigenvalue weighted by Gasteiger charge is -2.15. The second-order valence-corrected chi connectivity index (χ2v) is 13.7. The minimum atomic E-state index is -0.536. The van der Waals surface area contributed by atoms with Crippen LogP contribution in [0.5, 0.6) is 0 Å². The molecule has 0 aromatic carbocycles. The number of aliphatic hydroxyl groups excluding tert-OH is 1. The summed E-state index contributed by atoms with van der Waals surface area (Å²) >= 11 is 0. The predicted molar refractivity (Wildman–Crippen MR) is 201 cm³/mol. The normalized spacial score (nSPS) is 12.5. The van der Waals surface area contributed by atoms with Crippen LogP contribution in [0.4, 0.5) is 0 Å². The Labute approximate surface area is 288 Å². The van der Waals surface area contributed by atoms with Crippen molar-refractivity contribution in [3.8, 4) is 0 Å². The van der Waals surface area contributed by atoms with Gasteiger partial charge < -0.3 is 14.6 Å². The highest BCUT2D eigenvalue weighted by Crippen LogP contribution is 2.15. The molecule has 4 heteroatoms. The first-order chi connectivity index (χ1) is 22.7. The molecule has 0 saturated heterocycles. The Morgan fingerprint density at radius 1 is 0.522 bits per heavy atom. The van der Waals surface area contributed by atoms with Gasteiger partial charge in [0.15, 0.2) is 0 Å². The Morgan fingerprint density at radius 2 is 0.913 bits per heavy atom. The second-order valence-electron chi connectivity index (χ2n) is 13.7. The Bertz CT molecular complexity index is 644. The van der Waals surface area contributed by atoms with Gasteiger partial charge in [-0.3, -0.25) is 4.79 Å². The Morgan fingerprint density at radius 3 is 1.37 bits per heavy atom. The van der Waals surface area contributed by atoms with Crippen molar-refractivity contribution < 1.29 is 19.4 Å². The van der Waals surface area contributed by atoms with E-state index in [9.17, 15) is 9.90 Å². The van der Waals surface area contributed by atoms with E-state index in [-0.39, 0.29) is 12.6 Å². The summed E-state index contributed by atoms with van der Waals surface area (Å²) in [6, 6.07) is 0. The van der Waals surface area contributed by atoms with Crippen LogP contribution in [0, 0.1) is 0 Å². The zero-order chi connectivity index (χ0) is 33.4. The van der Waals surface area contributed by atoms with Crippen LogP contribution in [0.3, 0.4) is 0 Å². The number of rotatable bonds is 38. The van der Waals surface area contributed by atoms with Gasteiger partial charge >= 0.3 is 5.97 Å². The SMILES string of the molecule is CCCCCC/C=C\C/C=C\CCCCCCCC(=O)OC(CO)COCCCCCCCCCCCCCCCCCCCC. The van der Waals surface area contributed by atoms with E-state index in [0.29, 0.717) is 19.6 Å². The Kier molecular flexibility index (Phi) is 39.1. The summed E-state index contributed by atoms with van der Waals surface area (Å²) in [4.78, 5) is 12.2. The molecule has 1 atom stereocenters. The molecular weight excluding hydrogens is 568 g/mol. The van der Waals surface area contributed by atoms with Crippen molar-refractivity contribution in [1.29, 1.82) is 0 Å². The maximum atomic E-state index is 12.2. The second kappa shape index (κ2) is 40.0. The number of carbonyl (C=O) groups excluding carboxylic acids is 1. The zero-order valence-electron chi connectivity index (χ0n) is 31.1. The lowest BCUT2D eigenvalue weighted by atomic mass is 10.0. The third-order valence-corrected chi connectivity index (χ3v) is 9.03. The van der Waals surface area contributed by atoms with E-state index in [2.05, 4.69) is 38.2 Å². The van der Waals surface area contributed by atoms with Crippen LogP contribution in [-0.2, 0) is 14.3 Å². The zero-order valence-corrected chi connectivity index (χ0v) is 31.1. The molecule has 1 N–H and O–H groups in total. The fraction of sp³-hybridized carbons (Fsp3) is 0.881. The highest BCUT2D eigenvalue weighted by atomic mass is 16.6. The molecule has 0 amide bonds. The average molecular weight is 649 g/mol. The molecule has 0 aliphatic rings. The van der Waals surface area contributed by atoms with Crippen LogP contribution >= 0.6 is 0 Å². The summed E-state index contributed by atoms with van der Waals surface area (Å²) in [5.74, 6) is -0.211. The Balaban J connectivity index is 3.42. The summed E-state index contributed by atoms with van der Waals surface area (Å²) < 4.78 is 11.1. The monoisotopic (exact) mass is 649 g/mol. The van der Waals surface area contributed by atoms with Gasteiger partial charge in [-0.25, -0.2) is 0 Å². The number of aliphatic hydroxyl groups is 1. The Hall–Kier alpha value is -1.13. The van der Waals surface area contributed by atoms with E-state index in [0.717, 1.165) is 38.5 Å². The largest absolute Gasteiger partial charge is 0.457 e. The molecule has 272 valence electrons. The number of allylic oxidation sites excluding steroid dienone is 4. The molecule has 0 saturated carbocycles. The van der Waals surface area contributed by atoms with E-state index in [4.69, 9.17) is 9.47 Å². The highest BCUT2D eigenvalue weighted by molar-refractivity contribution is 5.69. The lowest BCUT2D eigenvalue weighted by Crippen LogP contribution is -2.27. The van der Waals surface area contributed by atoms with Crippen molar-refractivity contribution in [3.05, 3.63) is 24.3 Å². The molecule has 0 radical (unpaired) electrons. The van der Waals surface area contributed by atoms with Gasteiger partial charge in [0.2, 0.25) is 0 Å². The molecule has 46 heavy (non-hydrogen) atoms. The van der Waals surface area contributed by atoms with E-state index in [1.807, 2.05) is 0 Å². The quantitative estimate of drug-likeness (QED) is 0.0411. The fourth-order valence-electron chi connectivity index (χ4n) is 5.95. The maximum absolute atomic E-state index is 12.2. The summed E-state index contributed by atoms with van der Waals surface area (Å²) in [5, 5.41) is 9.58. The van der Waals surface area contributed by atoms with Crippen molar-refractivity contribution in [2.75, 3.05) is 19.8 Å². The van der Waals surface area contributed by atoms with Crippen molar-refractivity contribution in [3.63, 3.8) is 0 Å². The fourth-order valence-corrected chi connectivity index (χ4v) is 5.95. The molecule has 0 rings (SSSR count). The van der Waals surface area contributed by atoms with Crippen LogP contribution in [0.25, 0.3) is 0 Å². The van der Waals surface area contributed by atoms with Crippen LogP contribution < -0.4 is 0 Å². The van der Waals surface area contributed by atoms with E-state index in [1.54, 1.807) is 0 Å². The number of esters is 1. The summed E-state index contributed by atoms with van der Waals surface area (Å²) in [6.45, 7) is 5.34. The van der Waals surface area contributed by atoms with Crippen molar-refractivity contribution in [1.82, 2.24) is 0 Å². The molecular formula is C42H80O4. The van der Waals surface area contributed by atoms with E-state index < -0.39 is 6.10 Å². The molecule has 0 spiro atoms. The van der Waals surface area contributed by atoms with Gasteiger partial charge in [-0.1, -0.05) is 186 Å². The van der Waals surface area contributed by atoms with Gasteiger partial charge in [-0.05, 0) is 44.9 Å². The summed E-state index contributed by atoms with van der Waals surface area (Å²) in [6.07, 6.45) is 48.0. The van der Waals surface area contributed by atoms with Gasteiger partial charge in [0, 0.05) is 13.0 Å². The molecule has 0 heterocycles. The first-order valence-electron chi connectivity index (χ1n) is 20.4. The van der Waals surface area contributed by atoms with E-state index >= 15 is 0 Å². The predicted octanol–water partition coefficient (Wildman–Crippen LogP) is 13.2. The molecule has 0 aliphatic carbocycles. The van der Waals surface area contributed by atoms with Gasteiger partial charge in [-0.2, -0.15) is 0 Å². The molecule has 1 unspecified atom stereocenters. The molecule has 0 bridgehead atoms. The number of ether oxygens (including phenoxy) is 2. The smallest absolute Gasteiger partial charge is 0.306 e. The number of unbranched alkanes of at least 4 members (excludes halogenated alkanes) is 26. The van der Waals surface area contributed by atoms with Crippen molar-refractivity contribution >= 4 is 5.97 Å². The number of hydrogen-bond acceptors (Lipinski definition) is 4. The topological polar surface area (TPSA) is 55.8 Å². The van der Waals surface area contributed by atoms with Gasteiger partial charge in [0.1, 0.15) is 6.10 Å². The van der Waals surface area contributed by atoms with Crippen LogP contribution in [0.1, 0.15) is 213 Å². The first-order valence-corrected chi connectivity index (χ1v) is 20.4. The average Bonchev–Trinajstić information content (AvgIpc) is 3.06. The van der Waals surface area contributed by atoms with Crippen LogP contribution in [-0.4, -0.2) is 37.0 Å². The van der Waals surface area contributed by atoms with Crippen molar-refractivity contribution in [2.24, 2.45) is 0 Å².